The summed E-state index contributed by atoms with van der Waals surface area (Å²) in [5.41, 5.74) is 3.56. The molecule has 1 aromatic heterocycles. The molecule has 0 spiro atoms. The quantitative estimate of drug-likeness (QED) is 0.571. The number of pyridine rings is 1. The molecule has 23 heavy (non-hydrogen) atoms. The number of anilines is 1. The van der Waals surface area contributed by atoms with Gasteiger partial charge in [0, 0.05) is 23.8 Å². The van der Waals surface area contributed by atoms with E-state index in [2.05, 4.69) is 64.9 Å². The zero-order valence-electron chi connectivity index (χ0n) is 12.9. The fourth-order valence-corrected chi connectivity index (χ4v) is 3.09. The molecule has 0 fully saturated rings. The van der Waals surface area contributed by atoms with Crippen LogP contribution in [-0.4, -0.2) is 11.5 Å². The van der Waals surface area contributed by atoms with Gasteiger partial charge in [-0.25, -0.2) is 0 Å². The van der Waals surface area contributed by atoms with Crippen molar-refractivity contribution < 1.29 is 0 Å². The van der Waals surface area contributed by atoms with Crippen LogP contribution in [0, 0.1) is 0 Å². The van der Waals surface area contributed by atoms with Gasteiger partial charge in [-0.15, -0.1) is 0 Å². The van der Waals surface area contributed by atoms with Gasteiger partial charge in [-0.2, -0.15) is 0 Å². The molecule has 0 saturated carbocycles. The number of benzene rings is 3. The highest BCUT2D eigenvalue weighted by Crippen LogP contribution is 2.22. The topological polar surface area (TPSA) is 24.9 Å². The van der Waals surface area contributed by atoms with Crippen molar-refractivity contribution in [1.29, 1.82) is 0 Å². The summed E-state index contributed by atoms with van der Waals surface area (Å²) in [6.45, 7) is 0.905. The van der Waals surface area contributed by atoms with Gasteiger partial charge in [0.1, 0.15) is 0 Å². The SMILES string of the molecule is c1ccc2c(CCNc3ccnc4ccccc34)cccc2c1. The maximum Gasteiger partial charge on any atom is 0.0722 e. The Bertz CT molecular complexity index is 870. The van der Waals surface area contributed by atoms with Crippen LogP contribution in [-0.2, 0) is 6.42 Å². The van der Waals surface area contributed by atoms with Gasteiger partial charge in [0.2, 0.25) is 0 Å². The number of para-hydroxylation sites is 1. The molecule has 4 aromatic rings. The summed E-state index contributed by atoms with van der Waals surface area (Å²) in [6, 6.07) is 25.4. The molecule has 0 saturated heterocycles. The predicted molar refractivity (Wildman–Crippen MR) is 97.9 cm³/mol. The third-order valence-corrected chi connectivity index (χ3v) is 4.24. The number of fused-ring (bicyclic) bond motifs is 2. The Morgan fingerprint density at radius 3 is 2.48 bits per heavy atom. The number of nitrogens with one attached hydrogen (secondary N) is 1. The van der Waals surface area contributed by atoms with Crippen molar-refractivity contribution in [1.82, 2.24) is 4.98 Å². The van der Waals surface area contributed by atoms with Gasteiger partial charge in [-0.3, -0.25) is 4.98 Å². The molecule has 0 aliphatic carbocycles. The molecule has 0 radical (unpaired) electrons. The highest BCUT2D eigenvalue weighted by molar-refractivity contribution is 5.91. The van der Waals surface area contributed by atoms with Crippen molar-refractivity contribution in [2.24, 2.45) is 0 Å². The number of nitrogens with zero attached hydrogens (tertiary/aromatic N) is 1. The second kappa shape index (κ2) is 6.09. The smallest absolute Gasteiger partial charge is 0.0722 e. The summed E-state index contributed by atoms with van der Waals surface area (Å²) in [4.78, 5) is 4.41. The van der Waals surface area contributed by atoms with Crippen molar-refractivity contribution in [3.63, 3.8) is 0 Å². The van der Waals surface area contributed by atoms with E-state index in [4.69, 9.17) is 0 Å². The first-order chi connectivity index (χ1) is 11.4. The lowest BCUT2D eigenvalue weighted by Gasteiger charge is -2.11. The average Bonchev–Trinajstić information content (AvgIpc) is 2.62. The lowest BCUT2D eigenvalue weighted by atomic mass is 10.0. The zero-order valence-corrected chi connectivity index (χ0v) is 12.9. The van der Waals surface area contributed by atoms with Crippen LogP contribution < -0.4 is 5.32 Å². The molecule has 4 rings (SSSR count). The summed E-state index contributed by atoms with van der Waals surface area (Å²) < 4.78 is 0. The molecule has 0 atom stereocenters. The monoisotopic (exact) mass is 298 g/mol. The number of rotatable bonds is 4. The Morgan fingerprint density at radius 2 is 1.52 bits per heavy atom. The van der Waals surface area contributed by atoms with E-state index in [1.54, 1.807) is 0 Å². The van der Waals surface area contributed by atoms with Crippen molar-refractivity contribution in [2.75, 3.05) is 11.9 Å². The third-order valence-electron chi connectivity index (χ3n) is 4.24. The van der Waals surface area contributed by atoms with Crippen LogP contribution in [0.15, 0.2) is 79.0 Å². The predicted octanol–water partition coefficient (Wildman–Crippen LogP) is 5.04. The second-order valence-corrected chi connectivity index (χ2v) is 5.69. The van der Waals surface area contributed by atoms with Crippen LogP contribution in [0.3, 0.4) is 0 Å². The Morgan fingerprint density at radius 1 is 0.739 bits per heavy atom. The minimum atomic E-state index is 0.905. The first-order valence-electron chi connectivity index (χ1n) is 7.96. The van der Waals surface area contributed by atoms with E-state index >= 15 is 0 Å². The normalized spacial score (nSPS) is 11.0. The third kappa shape index (κ3) is 2.76. The van der Waals surface area contributed by atoms with Crippen molar-refractivity contribution in [2.45, 2.75) is 6.42 Å². The fourth-order valence-electron chi connectivity index (χ4n) is 3.09. The van der Waals surface area contributed by atoms with Crippen LogP contribution in [0.4, 0.5) is 5.69 Å². The molecule has 2 heteroatoms. The molecule has 1 heterocycles. The van der Waals surface area contributed by atoms with Gasteiger partial charge < -0.3 is 5.32 Å². The molecule has 0 amide bonds. The summed E-state index contributed by atoms with van der Waals surface area (Å²) in [7, 11) is 0. The molecule has 0 aliphatic rings. The standard InChI is InChI=1S/C21H18N2/c1-2-9-18-16(6-1)7-5-8-17(18)12-14-22-21-13-15-23-20-11-4-3-10-19(20)21/h1-11,13,15H,12,14H2,(H,22,23). The van der Waals surface area contributed by atoms with Crippen molar-refractivity contribution in [3.05, 3.63) is 84.6 Å². The maximum absolute atomic E-state index is 4.41. The highest BCUT2D eigenvalue weighted by Gasteiger charge is 2.02. The van der Waals surface area contributed by atoms with E-state index < -0.39 is 0 Å². The molecular formula is C21H18N2. The number of hydrogen-bond donors (Lipinski definition) is 1. The Labute approximate surface area is 135 Å². The van der Waals surface area contributed by atoms with E-state index in [9.17, 15) is 0 Å². The van der Waals surface area contributed by atoms with Crippen LogP contribution in [0.2, 0.25) is 0 Å². The van der Waals surface area contributed by atoms with E-state index in [0.717, 1.165) is 24.2 Å². The van der Waals surface area contributed by atoms with Crippen LogP contribution in [0.25, 0.3) is 21.7 Å². The molecule has 0 unspecified atom stereocenters. The summed E-state index contributed by atoms with van der Waals surface area (Å²) in [5.74, 6) is 0. The minimum absolute atomic E-state index is 0.905. The summed E-state index contributed by atoms with van der Waals surface area (Å²) in [6.07, 6.45) is 2.86. The first kappa shape index (κ1) is 13.8. The first-order valence-corrected chi connectivity index (χ1v) is 7.96. The van der Waals surface area contributed by atoms with E-state index in [1.807, 2.05) is 24.4 Å². The van der Waals surface area contributed by atoms with Gasteiger partial charge in [-0.1, -0.05) is 60.7 Å². The highest BCUT2D eigenvalue weighted by atomic mass is 14.9. The van der Waals surface area contributed by atoms with Crippen molar-refractivity contribution in [3.8, 4) is 0 Å². The molecule has 0 bridgehead atoms. The Hall–Kier alpha value is -2.87. The molecule has 1 N–H and O–H groups in total. The van der Waals surface area contributed by atoms with Crippen LogP contribution in [0.1, 0.15) is 5.56 Å². The lowest BCUT2D eigenvalue weighted by Crippen LogP contribution is -2.05. The second-order valence-electron chi connectivity index (χ2n) is 5.69. The molecule has 3 aromatic carbocycles. The van der Waals surface area contributed by atoms with Gasteiger partial charge >= 0.3 is 0 Å². The van der Waals surface area contributed by atoms with Gasteiger partial charge in [0.25, 0.3) is 0 Å². The van der Waals surface area contributed by atoms with Crippen LogP contribution in [0.5, 0.6) is 0 Å². The maximum atomic E-state index is 4.41. The van der Waals surface area contributed by atoms with Gasteiger partial charge in [-0.05, 0) is 34.9 Å². The molecule has 112 valence electrons. The average molecular weight is 298 g/mol. The van der Waals surface area contributed by atoms with E-state index in [1.165, 1.54) is 21.7 Å². The Balaban J connectivity index is 1.55. The number of aromatic nitrogens is 1. The van der Waals surface area contributed by atoms with E-state index in [-0.39, 0.29) is 0 Å². The summed E-state index contributed by atoms with van der Waals surface area (Å²) >= 11 is 0. The lowest BCUT2D eigenvalue weighted by molar-refractivity contribution is 1.03. The molecular weight excluding hydrogens is 280 g/mol. The minimum Gasteiger partial charge on any atom is -0.384 e. The van der Waals surface area contributed by atoms with Crippen molar-refractivity contribution >= 4 is 27.4 Å². The van der Waals surface area contributed by atoms with Gasteiger partial charge in [0.15, 0.2) is 0 Å². The fraction of sp³-hybridized carbons (Fsp3) is 0.0952. The van der Waals surface area contributed by atoms with E-state index in [0.29, 0.717) is 0 Å². The summed E-state index contributed by atoms with van der Waals surface area (Å²) in [5, 5.41) is 7.38. The largest absolute Gasteiger partial charge is 0.384 e. The zero-order chi connectivity index (χ0) is 15.5. The van der Waals surface area contributed by atoms with Crippen LogP contribution >= 0.6 is 0 Å². The molecule has 0 aliphatic heterocycles. The van der Waals surface area contributed by atoms with Gasteiger partial charge in [0.05, 0.1) is 5.52 Å². The molecule has 2 nitrogen and oxygen atoms in total. The Kier molecular flexibility index (Phi) is 3.65. The number of hydrogen-bond acceptors (Lipinski definition) is 2.